The van der Waals surface area contributed by atoms with Gasteiger partial charge in [0.1, 0.15) is 0 Å². The van der Waals surface area contributed by atoms with Gasteiger partial charge >= 0.3 is 0 Å². The predicted molar refractivity (Wildman–Crippen MR) is 76.1 cm³/mol. The van der Waals surface area contributed by atoms with Crippen molar-refractivity contribution in [1.29, 1.82) is 0 Å². The van der Waals surface area contributed by atoms with Gasteiger partial charge in [0.25, 0.3) is 0 Å². The molecule has 19 heavy (non-hydrogen) atoms. The summed E-state index contributed by atoms with van der Waals surface area (Å²) in [5.41, 5.74) is -0.236. The number of hydrogen-bond acceptors (Lipinski definition) is 3. The number of carbonyl (C=O) groups excluding carboxylic acids is 1. The average molecular weight is 265 g/mol. The standard InChI is InChI=1S/C15H27N3O/c1-2-15(7-5-8-16-15)14(19)18-11-6-13(12-18)17-9-3-4-10-17/h13,16H,2-12H2,1H3. The molecule has 3 heterocycles. The number of rotatable bonds is 3. The molecule has 3 rings (SSSR count). The second-order valence-corrected chi connectivity index (χ2v) is 6.40. The molecule has 0 saturated carbocycles. The summed E-state index contributed by atoms with van der Waals surface area (Å²) in [5, 5.41) is 3.48. The van der Waals surface area contributed by atoms with Crippen molar-refractivity contribution in [3.63, 3.8) is 0 Å². The molecule has 0 radical (unpaired) electrons. The lowest BCUT2D eigenvalue weighted by Gasteiger charge is -2.32. The molecule has 4 nitrogen and oxygen atoms in total. The Labute approximate surface area is 116 Å². The lowest BCUT2D eigenvalue weighted by molar-refractivity contribution is -0.137. The van der Waals surface area contributed by atoms with Crippen molar-refractivity contribution in [1.82, 2.24) is 15.1 Å². The van der Waals surface area contributed by atoms with E-state index in [1.54, 1.807) is 0 Å². The van der Waals surface area contributed by atoms with Crippen LogP contribution in [0.25, 0.3) is 0 Å². The summed E-state index contributed by atoms with van der Waals surface area (Å²) in [4.78, 5) is 17.5. The number of nitrogens with one attached hydrogen (secondary N) is 1. The molecule has 0 aliphatic carbocycles. The first kappa shape index (κ1) is 13.4. The third-order valence-corrected chi connectivity index (χ3v) is 5.36. The van der Waals surface area contributed by atoms with E-state index in [0.29, 0.717) is 11.9 Å². The van der Waals surface area contributed by atoms with Gasteiger partial charge in [-0.3, -0.25) is 9.69 Å². The maximum absolute atomic E-state index is 12.8. The Kier molecular flexibility index (Phi) is 3.81. The zero-order chi connectivity index (χ0) is 13.3. The molecule has 3 aliphatic rings. The molecule has 0 aromatic heterocycles. The van der Waals surface area contributed by atoms with Gasteiger partial charge in [-0.2, -0.15) is 0 Å². The van der Waals surface area contributed by atoms with Gasteiger partial charge in [-0.25, -0.2) is 0 Å². The molecule has 108 valence electrons. The minimum Gasteiger partial charge on any atom is -0.339 e. The van der Waals surface area contributed by atoms with Crippen molar-refractivity contribution < 1.29 is 4.79 Å². The highest BCUT2D eigenvalue weighted by Gasteiger charge is 2.44. The summed E-state index contributed by atoms with van der Waals surface area (Å²) in [7, 11) is 0. The fraction of sp³-hybridized carbons (Fsp3) is 0.933. The van der Waals surface area contributed by atoms with Crippen LogP contribution < -0.4 is 5.32 Å². The number of hydrogen-bond donors (Lipinski definition) is 1. The maximum atomic E-state index is 12.8. The van der Waals surface area contributed by atoms with Crippen LogP contribution in [0.3, 0.4) is 0 Å². The third-order valence-electron chi connectivity index (χ3n) is 5.36. The van der Waals surface area contributed by atoms with Crippen LogP contribution in [-0.4, -0.2) is 60.0 Å². The minimum absolute atomic E-state index is 0.236. The van der Waals surface area contributed by atoms with E-state index in [1.165, 1.54) is 32.4 Å². The number of amides is 1. The molecular weight excluding hydrogens is 238 g/mol. The Morgan fingerprint density at radius 1 is 1.26 bits per heavy atom. The summed E-state index contributed by atoms with van der Waals surface area (Å²) in [6.45, 7) is 7.55. The van der Waals surface area contributed by atoms with Crippen molar-refractivity contribution in [2.75, 3.05) is 32.7 Å². The smallest absolute Gasteiger partial charge is 0.242 e. The Hall–Kier alpha value is -0.610. The van der Waals surface area contributed by atoms with Crippen LogP contribution in [0.2, 0.25) is 0 Å². The Bertz CT molecular complexity index is 332. The van der Waals surface area contributed by atoms with Gasteiger partial charge < -0.3 is 10.2 Å². The highest BCUT2D eigenvalue weighted by atomic mass is 16.2. The van der Waals surface area contributed by atoms with Gasteiger partial charge in [-0.05, 0) is 58.2 Å². The van der Waals surface area contributed by atoms with E-state index < -0.39 is 0 Å². The van der Waals surface area contributed by atoms with Crippen LogP contribution in [0, 0.1) is 0 Å². The van der Waals surface area contributed by atoms with E-state index in [2.05, 4.69) is 22.0 Å². The molecule has 0 aromatic rings. The topological polar surface area (TPSA) is 35.6 Å². The van der Waals surface area contributed by atoms with Crippen LogP contribution in [-0.2, 0) is 4.79 Å². The molecule has 1 N–H and O–H groups in total. The van der Waals surface area contributed by atoms with E-state index in [4.69, 9.17) is 0 Å². The largest absolute Gasteiger partial charge is 0.339 e. The van der Waals surface area contributed by atoms with E-state index in [9.17, 15) is 4.79 Å². The fourth-order valence-electron chi connectivity index (χ4n) is 4.08. The SMILES string of the molecule is CCC1(C(=O)N2CCC(N3CCCC3)C2)CCCN1. The summed E-state index contributed by atoms with van der Waals surface area (Å²) >= 11 is 0. The van der Waals surface area contributed by atoms with Gasteiger partial charge in [-0.15, -0.1) is 0 Å². The molecular formula is C15H27N3O. The van der Waals surface area contributed by atoms with Crippen LogP contribution in [0.1, 0.15) is 45.4 Å². The monoisotopic (exact) mass is 265 g/mol. The Balaban J connectivity index is 1.62. The van der Waals surface area contributed by atoms with Crippen molar-refractivity contribution in [3.8, 4) is 0 Å². The third kappa shape index (κ3) is 2.40. The van der Waals surface area contributed by atoms with Crippen molar-refractivity contribution in [2.45, 2.75) is 57.0 Å². The maximum Gasteiger partial charge on any atom is 0.242 e. The summed E-state index contributed by atoms with van der Waals surface area (Å²) < 4.78 is 0. The molecule has 0 bridgehead atoms. The first-order valence-corrected chi connectivity index (χ1v) is 8.04. The molecule has 2 unspecified atom stereocenters. The Morgan fingerprint density at radius 2 is 2.05 bits per heavy atom. The lowest BCUT2D eigenvalue weighted by Crippen LogP contribution is -2.54. The summed E-state index contributed by atoms with van der Waals surface area (Å²) in [6, 6.07) is 0.627. The van der Waals surface area contributed by atoms with Crippen molar-refractivity contribution in [2.24, 2.45) is 0 Å². The number of likely N-dealkylation sites (tertiary alicyclic amines) is 2. The van der Waals surface area contributed by atoms with Crippen molar-refractivity contribution in [3.05, 3.63) is 0 Å². The van der Waals surface area contributed by atoms with Gasteiger partial charge in [0.15, 0.2) is 0 Å². The van der Waals surface area contributed by atoms with E-state index in [0.717, 1.165) is 38.9 Å². The zero-order valence-electron chi connectivity index (χ0n) is 12.2. The zero-order valence-corrected chi connectivity index (χ0v) is 12.2. The second-order valence-electron chi connectivity index (χ2n) is 6.40. The van der Waals surface area contributed by atoms with Gasteiger partial charge in [-0.1, -0.05) is 6.92 Å². The van der Waals surface area contributed by atoms with Crippen LogP contribution in [0.4, 0.5) is 0 Å². The minimum atomic E-state index is -0.236. The van der Waals surface area contributed by atoms with Crippen molar-refractivity contribution >= 4 is 5.91 Å². The first-order chi connectivity index (χ1) is 9.25. The molecule has 3 saturated heterocycles. The highest BCUT2D eigenvalue weighted by Crippen LogP contribution is 2.28. The van der Waals surface area contributed by atoms with Crippen LogP contribution >= 0.6 is 0 Å². The molecule has 4 heteroatoms. The highest BCUT2D eigenvalue weighted by molar-refractivity contribution is 5.87. The predicted octanol–water partition coefficient (Wildman–Crippen LogP) is 1.22. The molecule has 0 aromatic carbocycles. The fourth-order valence-corrected chi connectivity index (χ4v) is 4.08. The normalized spacial score (nSPS) is 36.3. The Morgan fingerprint density at radius 3 is 2.68 bits per heavy atom. The second kappa shape index (κ2) is 5.41. The average Bonchev–Trinajstić information content (AvgIpc) is 3.17. The lowest BCUT2D eigenvalue weighted by atomic mass is 9.92. The van der Waals surface area contributed by atoms with Gasteiger partial charge in [0.2, 0.25) is 5.91 Å². The number of nitrogens with zero attached hydrogens (tertiary/aromatic N) is 2. The molecule has 3 fully saturated rings. The first-order valence-electron chi connectivity index (χ1n) is 8.04. The quantitative estimate of drug-likeness (QED) is 0.833. The molecule has 1 amide bonds. The summed E-state index contributed by atoms with van der Waals surface area (Å²) in [5.74, 6) is 0.370. The van der Waals surface area contributed by atoms with Gasteiger partial charge in [0, 0.05) is 19.1 Å². The van der Waals surface area contributed by atoms with Gasteiger partial charge in [0.05, 0.1) is 5.54 Å². The molecule has 3 aliphatic heterocycles. The molecule has 2 atom stereocenters. The van der Waals surface area contributed by atoms with Crippen LogP contribution in [0.5, 0.6) is 0 Å². The van der Waals surface area contributed by atoms with E-state index in [-0.39, 0.29) is 5.54 Å². The van der Waals surface area contributed by atoms with E-state index in [1.807, 2.05) is 0 Å². The molecule has 0 spiro atoms. The number of carbonyl (C=O) groups is 1. The van der Waals surface area contributed by atoms with Crippen LogP contribution in [0.15, 0.2) is 0 Å². The van der Waals surface area contributed by atoms with E-state index >= 15 is 0 Å². The summed E-state index contributed by atoms with van der Waals surface area (Å²) in [6.07, 6.45) is 6.94.